The summed E-state index contributed by atoms with van der Waals surface area (Å²) in [6, 6.07) is 6.79. The van der Waals surface area contributed by atoms with Gasteiger partial charge in [-0.15, -0.1) is 5.73 Å². The van der Waals surface area contributed by atoms with Crippen molar-refractivity contribution < 1.29 is 15.3 Å². The Kier molecular flexibility index (Phi) is 7.40. The third kappa shape index (κ3) is 5.69. The maximum Gasteiger partial charge on any atom is 0.121 e. The second-order valence-corrected chi connectivity index (χ2v) is 6.35. The van der Waals surface area contributed by atoms with Gasteiger partial charge in [-0.05, 0) is 29.6 Å². The lowest BCUT2D eigenvalue weighted by Crippen LogP contribution is -2.16. The van der Waals surface area contributed by atoms with Crippen LogP contribution >= 0.6 is 0 Å². The maximum atomic E-state index is 10.1. The average Bonchev–Trinajstić information content (AvgIpc) is 2.45. The second kappa shape index (κ2) is 8.79. The standard InChI is InChI=1S/C19H28O3/c1-13(2)15(12-19(22)14(3)4)8-7-11-18(21)16-9-5-6-10-17(16)20/h5-7,9-10,13-14,18-22H,11-12H2,1-4H3/t8?,18-,19-/m1/s1. The van der Waals surface area contributed by atoms with E-state index in [0.717, 1.165) is 5.57 Å². The van der Waals surface area contributed by atoms with Gasteiger partial charge in [0.15, 0.2) is 0 Å². The summed E-state index contributed by atoms with van der Waals surface area (Å²) < 4.78 is 0. The van der Waals surface area contributed by atoms with Gasteiger partial charge in [0, 0.05) is 18.4 Å². The molecule has 3 heteroatoms. The molecule has 1 aromatic carbocycles. The third-order valence-electron chi connectivity index (χ3n) is 3.82. The second-order valence-electron chi connectivity index (χ2n) is 6.35. The molecule has 0 aromatic heterocycles. The Bertz CT molecular complexity index is 525. The van der Waals surface area contributed by atoms with Crippen molar-refractivity contribution in [1.82, 2.24) is 0 Å². The summed E-state index contributed by atoms with van der Waals surface area (Å²) in [7, 11) is 0. The Morgan fingerprint density at radius 1 is 1.14 bits per heavy atom. The number of aromatic hydroxyl groups is 1. The SMILES string of the molecule is CC(C)C(=C=CC[C@@H](O)c1ccccc1O)C[C@@H](O)C(C)C. The van der Waals surface area contributed by atoms with Gasteiger partial charge in [-0.25, -0.2) is 0 Å². The smallest absolute Gasteiger partial charge is 0.121 e. The predicted octanol–water partition coefficient (Wildman–Crippen LogP) is 3.96. The molecule has 0 heterocycles. The zero-order valence-corrected chi connectivity index (χ0v) is 14.0. The number of aliphatic hydroxyl groups excluding tert-OH is 2. The average molecular weight is 304 g/mol. The van der Waals surface area contributed by atoms with E-state index in [1.54, 1.807) is 30.3 Å². The number of benzene rings is 1. The number of hydrogen-bond acceptors (Lipinski definition) is 3. The molecule has 0 unspecified atom stereocenters. The molecule has 0 radical (unpaired) electrons. The molecule has 0 bridgehead atoms. The molecule has 0 amide bonds. The van der Waals surface area contributed by atoms with Crippen molar-refractivity contribution in [1.29, 1.82) is 0 Å². The van der Waals surface area contributed by atoms with Crippen LogP contribution in [0.5, 0.6) is 5.75 Å². The Labute approximate surface area is 133 Å². The van der Waals surface area contributed by atoms with Gasteiger partial charge in [0.05, 0.1) is 12.2 Å². The fourth-order valence-corrected chi connectivity index (χ4v) is 2.12. The Balaban J connectivity index is 2.79. The first-order valence-electron chi connectivity index (χ1n) is 7.90. The van der Waals surface area contributed by atoms with Crippen LogP contribution in [0.15, 0.2) is 41.6 Å². The van der Waals surface area contributed by atoms with Crippen LogP contribution in [0.25, 0.3) is 0 Å². The van der Waals surface area contributed by atoms with E-state index in [1.165, 1.54) is 0 Å². The highest BCUT2D eigenvalue weighted by atomic mass is 16.3. The highest BCUT2D eigenvalue weighted by Crippen LogP contribution is 2.26. The molecule has 0 saturated heterocycles. The molecule has 2 atom stereocenters. The predicted molar refractivity (Wildman–Crippen MR) is 89.6 cm³/mol. The first kappa shape index (κ1) is 18.5. The summed E-state index contributed by atoms with van der Waals surface area (Å²) in [5.41, 5.74) is 4.78. The summed E-state index contributed by atoms with van der Waals surface area (Å²) in [6.07, 6.45) is 1.64. The molecule has 1 aromatic rings. The number of phenols is 1. The maximum absolute atomic E-state index is 10.1. The lowest BCUT2D eigenvalue weighted by Gasteiger charge is -2.17. The van der Waals surface area contributed by atoms with E-state index in [9.17, 15) is 15.3 Å². The molecular formula is C19H28O3. The van der Waals surface area contributed by atoms with E-state index in [-0.39, 0.29) is 17.8 Å². The summed E-state index contributed by atoms with van der Waals surface area (Å²) in [4.78, 5) is 0. The minimum atomic E-state index is -0.753. The van der Waals surface area contributed by atoms with Crippen molar-refractivity contribution in [2.24, 2.45) is 11.8 Å². The van der Waals surface area contributed by atoms with Gasteiger partial charge >= 0.3 is 0 Å². The van der Waals surface area contributed by atoms with Gasteiger partial charge in [0.25, 0.3) is 0 Å². The number of aliphatic hydroxyl groups is 2. The van der Waals surface area contributed by atoms with Crippen LogP contribution in [0.3, 0.4) is 0 Å². The number of para-hydroxylation sites is 1. The molecule has 3 nitrogen and oxygen atoms in total. The summed E-state index contributed by atoms with van der Waals surface area (Å²) >= 11 is 0. The van der Waals surface area contributed by atoms with E-state index < -0.39 is 6.10 Å². The highest BCUT2D eigenvalue weighted by Gasteiger charge is 2.14. The van der Waals surface area contributed by atoms with Gasteiger partial charge in [-0.3, -0.25) is 0 Å². The topological polar surface area (TPSA) is 60.7 Å². The molecule has 22 heavy (non-hydrogen) atoms. The Hall–Kier alpha value is -1.54. The fraction of sp³-hybridized carbons (Fsp3) is 0.526. The van der Waals surface area contributed by atoms with Crippen molar-refractivity contribution in [2.75, 3.05) is 0 Å². The van der Waals surface area contributed by atoms with Crippen LogP contribution in [0.4, 0.5) is 0 Å². The quantitative estimate of drug-likeness (QED) is 0.668. The van der Waals surface area contributed by atoms with Crippen molar-refractivity contribution in [2.45, 2.75) is 52.7 Å². The molecule has 0 aliphatic carbocycles. The first-order chi connectivity index (χ1) is 10.3. The van der Waals surface area contributed by atoms with Crippen molar-refractivity contribution >= 4 is 0 Å². The Morgan fingerprint density at radius 3 is 2.32 bits per heavy atom. The monoisotopic (exact) mass is 304 g/mol. The Morgan fingerprint density at radius 2 is 1.77 bits per heavy atom. The van der Waals surface area contributed by atoms with E-state index in [4.69, 9.17) is 0 Å². The fourth-order valence-electron chi connectivity index (χ4n) is 2.12. The van der Waals surface area contributed by atoms with Crippen molar-refractivity contribution in [3.63, 3.8) is 0 Å². The molecule has 0 fully saturated rings. The van der Waals surface area contributed by atoms with Crippen LogP contribution in [-0.4, -0.2) is 21.4 Å². The van der Waals surface area contributed by atoms with Crippen LogP contribution < -0.4 is 0 Å². The molecule has 0 spiro atoms. The minimum absolute atomic E-state index is 0.103. The highest BCUT2D eigenvalue weighted by molar-refractivity contribution is 5.33. The molecule has 1 rings (SSSR count). The van der Waals surface area contributed by atoms with Gasteiger partial charge in [-0.1, -0.05) is 45.9 Å². The number of rotatable bonds is 7. The lowest BCUT2D eigenvalue weighted by atomic mass is 9.93. The summed E-state index contributed by atoms with van der Waals surface area (Å²) in [5, 5.41) is 29.9. The van der Waals surface area contributed by atoms with Gasteiger partial charge in [-0.2, -0.15) is 0 Å². The number of phenolic OH excluding ortho intramolecular Hbond substituents is 1. The van der Waals surface area contributed by atoms with Crippen LogP contribution in [0, 0.1) is 11.8 Å². The minimum Gasteiger partial charge on any atom is -0.508 e. The van der Waals surface area contributed by atoms with E-state index in [0.29, 0.717) is 24.3 Å². The normalized spacial score (nSPS) is 13.8. The van der Waals surface area contributed by atoms with Gasteiger partial charge in [0.2, 0.25) is 0 Å². The first-order valence-corrected chi connectivity index (χ1v) is 7.90. The van der Waals surface area contributed by atoms with Gasteiger partial charge < -0.3 is 15.3 Å². The molecule has 122 valence electrons. The molecule has 0 aliphatic heterocycles. The van der Waals surface area contributed by atoms with E-state index in [2.05, 4.69) is 19.6 Å². The summed E-state index contributed by atoms with van der Waals surface area (Å²) in [6.45, 7) is 8.13. The van der Waals surface area contributed by atoms with E-state index >= 15 is 0 Å². The number of hydrogen-bond donors (Lipinski definition) is 3. The van der Waals surface area contributed by atoms with Crippen molar-refractivity contribution in [3.8, 4) is 5.75 Å². The zero-order chi connectivity index (χ0) is 16.7. The molecular weight excluding hydrogens is 276 g/mol. The summed E-state index contributed by atoms with van der Waals surface area (Å²) in [5.74, 6) is 0.612. The van der Waals surface area contributed by atoms with Gasteiger partial charge in [0.1, 0.15) is 5.75 Å². The third-order valence-corrected chi connectivity index (χ3v) is 3.82. The van der Waals surface area contributed by atoms with Crippen LogP contribution in [0.1, 0.15) is 52.2 Å². The molecule has 0 aliphatic rings. The zero-order valence-electron chi connectivity index (χ0n) is 14.0. The van der Waals surface area contributed by atoms with Crippen LogP contribution in [0.2, 0.25) is 0 Å². The molecule has 0 saturated carbocycles. The largest absolute Gasteiger partial charge is 0.508 e. The molecule has 3 N–H and O–H groups in total. The van der Waals surface area contributed by atoms with Crippen LogP contribution in [-0.2, 0) is 0 Å². The van der Waals surface area contributed by atoms with Crippen molar-refractivity contribution in [3.05, 3.63) is 47.2 Å². The van der Waals surface area contributed by atoms with E-state index in [1.807, 2.05) is 13.8 Å². The lowest BCUT2D eigenvalue weighted by molar-refractivity contribution is 0.123.